The zero-order valence-electron chi connectivity index (χ0n) is 20.1. The van der Waals surface area contributed by atoms with Gasteiger partial charge in [-0.25, -0.2) is 13.2 Å². The van der Waals surface area contributed by atoms with Crippen LogP contribution < -0.4 is 14.4 Å². The number of hydrogen-bond acceptors (Lipinski definition) is 6. The molecular formula is C26H28N2O6S. The molecule has 0 aromatic heterocycles. The Morgan fingerprint density at radius 1 is 0.943 bits per heavy atom. The van der Waals surface area contributed by atoms with Crippen molar-refractivity contribution in [3.8, 4) is 5.75 Å². The third-order valence-corrected chi connectivity index (χ3v) is 7.13. The maximum Gasteiger partial charge on any atom is 0.338 e. The molecule has 0 fully saturated rings. The van der Waals surface area contributed by atoms with Crippen LogP contribution in [0.4, 0.5) is 11.4 Å². The van der Waals surface area contributed by atoms with Crippen LogP contribution in [-0.4, -0.2) is 40.6 Å². The second-order valence-electron chi connectivity index (χ2n) is 7.74. The first-order chi connectivity index (χ1) is 16.7. The van der Waals surface area contributed by atoms with E-state index in [-0.39, 0.29) is 17.2 Å². The highest BCUT2D eigenvalue weighted by Crippen LogP contribution is 2.32. The number of amides is 1. The Morgan fingerprint density at radius 2 is 1.63 bits per heavy atom. The average molecular weight is 497 g/mol. The van der Waals surface area contributed by atoms with Gasteiger partial charge in [-0.2, -0.15) is 0 Å². The van der Waals surface area contributed by atoms with Crippen molar-refractivity contribution in [3.05, 3.63) is 83.4 Å². The molecule has 0 aliphatic carbocycles. The monoisotopic (exact) mass is 496 g/mol. The Kier molecular flexibility index (Phi) is 8.14. The van der Waals surface area contributed by atoms with Crippen molar-refractivity contribution < 1.29 is 27.5 Å². The van der Waals surface area contributed by atoms with Crippen LogP contribution in [-0.2, 0) is 19.6 Å². The third-order valence-electron chi connectivity index (χ3n) is 5.35. The summed E-state index contributed by atoms with van der Waals surface area (Å²) in [7, 11) is -2.68. The van der Waals surface area contributed by atoms with Gasteiger partial charge in [0.2, 0.25) is 5.91 Å². The number of esters is 1. The van der Waals surface area contributed by atoms with E-state index in [0.29, 0.717) is 22.6 Å². The highest BCUT2D eigenvalue weighted by Gasteiger charge is 2.29. The second-order valence-corrected chi connectivity index (χ2v) is 9.61. The van der Waals surface area contributed by atoms with Crippen LogP contribution in [0.2, 0.25) is 0 Å². The molecule has 0 atom stereocenters. The molecule has 3 rings (SSSR count). The van der Waals surface area contributed by atoms with Crippen molar-refractivity contribution >= 4 is 33.3 Å². The lowest BCUT2D eigenvalue weighted by Gasteiger charge is -2.26. The normalized spacial score (nSPS) is 11.0. The van der Waals surface area contributed by atoms with E-state index in [1.165, 1.54) is 19.2 Å². The van der Waals surface area contributed by atoms with E-state index < -0.39 is 28.4 Å². The minimum atomic E-state index is -4.11. The minimum absolute atomic E-state index is 0.0438. The van der Waals surface area contributed by atoms with Crippen molar-refractivity contribution in [2.45, 2.75) is 25.7 Å². The van der Waals surface area contributed by atoms with Crippen LogP contribution in [0, 0.1) is 13.8 Å². The van der Waals surface area contributed by atoms with E-state index in [9.17, 15) is 18.0 Å². The van der Waals surface area contributed by atoms with E-state index in [1.54, 1.807) is 68.4 Å². The summed E-state index contributed by atoms with van der Waals surface area (Å²) in [5.74, 6) is -0.786. The van der Waals surface area contributed by atoms with Crippen molar-refractivity contribution in [3.63, 3.8) is 0 Å². The number of nitrogens with one attached hydrogen (secondary N) is 1. The van der Waals surface area contributed by atoms with Gasteiger partial charge in [0.1, 0.15) is 12.3 Å². The zero-order chi connectivity index (χ0) is 25.6. The van der Waals surface area contributed by atoms with Gasteiger partial charge in [-0.3, -0.25) is 9.10 Å². The lowest BCUT2D eigenvalue weighted by atomic mass is 10.1. The van der Waals surface area contributed by atoms with Gasteiger partial charge in [-0.15, -0.1) is 0 Å². The summed E-state index contributed by atoms with van der Waals surface area (Å²) >= 11 is 0. The number of anilines is 2. The summed E-state index contributed by atoms with van der Waals surface area (Å²) in [6.07, 6.45) is 0. The summed E-state index contributed by atoms with van der Waals surface area (Å²) in [6.45, 7) is 4.95. The molecule has 0 unspecified atom stereocenters. The highest BCUT2D eigenvalue weighted by molar-refractivity contribution is 7.92. The molecule has 8 nitrogen and oxygen atoms in total. The Labute approximate surface area is 205 Å². The molecule has 0 bridgehead atoms. The molecule has 0 aliphatic heterocycles. The van der Waals surface area contributed by atoms with Crippen LogP contribution in [0.15, 0.2) is 71.6 Å². The molecule has 9 heteroatoms. The molecule has 0 heterocycles. The molecular weight excluding hydrogens is 468 g/mol. The van der Waals surface area contributed by atoms with Crippen molar-refractivity contribution in [1.82, 2.24) is 0 Å². The minimum Gasteiger partial charge on any atom is -0.495 e. The van der Waals surface area contributed by atoms with E-state index in [1.807, 2.05) is 6.92 Å². The van der Waals surface area contributed by atoms with Crippen molar-refractivity contribution in [2.24, 2.45) is 0 Å². The number of rotatable bonds is 9. The van der Waals surface area contributed by atoms with E-state index >= 15 is 0 Å². The number of methoxy groups -OCH3 is 1. The average Bonchev–Trinajstić information content (AvgIpc) is 2.84. The quantitative estimate of drug-likeness (QED) is 0.443. The van der Waals surface area contributed by atoms with Gasteiger partial charge in [0.25, 0.3) is 10.0 Å². The van der Waals surface area contributed by atoms with Crippen LogP contribution in [0.5, 0.6) is 5.75 Å². The number of ether oxygens (including phenoxy) is 2. The number of carbonyl (C=O) groups is 2. The van der Waals surface area contributed by atoms with Crippen LogP contribution >= 0.6 is 0 Å². The number of nitrogens with zero attached hydrogens (tertiary/aromatic N) is 1. The van der Waals surface area contributed by atoms with E-state index in [2.05, 4.69) is 5.32 Å². The Balaban J connectivity index is 1.97. The molecule has 0 spiro atoms. The first-order valence-electron chi connectivity index (χ1n) is 11.0. The fourth-order valence-corrected chi connectivity index (χ4v) is 4.93. The van der Waals surface area contributed by atoms with Gasteiger partial charge in [0, 0.05) is 5.69 Å². The maximum atomic E-state index is 13.6. The van der Waals surface area contributed by atoms with Gasteiger partial charge >= 0.3 is 5.97 Å². The summed E-state index contributed by atoms with van der Waals surface area (Å²) in [6, 6.07) is 17.8. The standard InChI is InChI=1S/C26H28N2O6S/c1-5-34-26(30)21-9-8-10-22(19(21)3)27-25(29)17-28(23-11-6-7-12-24(23)33-4)35(31,32)20-15-13-18(2)14-16-20/h6-16H,5,17H2,1-4H3,(H,27,29). The summed E-state index contributed by atoms with van der Waals surface area (Å²) in [4.78, 5) is 25.4. The summed E-state index contributed by atoms with van der Waals surface area (Å²) in [5, 5.41) is 2.72. The topological polar surface area (TPSA) is 102 Å². The fourth-order valence-electron chi connectivity index (χ4n) is 3.49. The molecule has 35 heavy (non-hydrogen) atoms. The smallest absolute Gasteiger partial charge is 0.338 e. The van der Waals surface area contributed by atoms with Crippen molar-refractivity contribution in [1.29, 1.82) is 0 Å². The number of para-hydroxylation sites is 2. The zero-order valence-corrected chi connectivity index (χ0v) is 20.9. The van der Waals surface area contributed by atoms with E-state index in [0.717, 1.165) is 9.87 Å². The van der Waals surface area contributed by atoms with Crippen molar-refractivity contribution in [2.75, 3.05) is 29.9 Å². The first-order valence-corrected chi connectivity index (χ1v) is 12.4. The predicted octanol–water partition coefficient (Wildman–Crippen LogP) is 4.32. The molecule has 3 aromatic carbocycles. The van der Waals surface area contributed by atoms with Gasteiger partial charge in [-0.1, -0.05) is 35.9 Å². The van der Waals surface area contributed by atoms with Gasteiger partial charge in [0.05, 0.1) is 29.9 Å². The largest absolute Gasteiger partial charge is 0.495 e. The molecule has 3 aromatic rings. The van der Waals surface area contributed by atoms with Gasteiger partial charge in [-0.05, 0) is 62.7 Å². The van der Waals surface area contributed by atoms with Crippen LogP contribution in [0.3, 0.4) is 0 Å². The number of sulfonamides is 1. The molecule has 0 radical (unpaired) electrons. The third kappa shape index (κ3) is 5.81. The predicted molar refractivity (Wildman–Crippen MR) is 134 cm³/mol. The number of hydrogen-bond donors (Lipinski definition) is 1. The Bertz CT molecular complexity index is 1320. The summed E-state index contributed by atoms with van der Waals surface area (Å²) in [5.41, 5.74) is 2.35. The molecule has 184 valence electrons. The van der Waals surface area contributed by atoms with Gasteiger partial charge < -0.3 is 14.8 Å². The van der Waals surface area contributed by atoms with E-state index in [4.69, 9.17) is 9.47 Å². The second kappa shape index (κ2) is 11.1. The fraction of sp³-hybridized carbons (Fsp3) is 0.231. The van der Waals surface area contributed by atoms with Crippen LogP contribution in [0.1, 0.15) is 28.4 Å². The molecule has 1 amide bonds. The molecule has 0 saturated carbocycles. The van der Waals surface area contributed by atoms with Crippen LogP contribution in [0.25, 0.3) is 0 Å². The molecule has 0 saturated heterocycles. The molecule has 0 aliphatic rings. The number of aryl methyl sites for hydroxylation is 1. The highest BCUT2D eigenvalue weighted by atomic mass is 32.2. The SMILES string of the molecule is CCOC(=O)c1cccc(NC(=O)CN(c2ccccc2OC)S(=O)(=O)c2ccc(C)cc2)c1C. The lowest BCUT2D eigenvalue weighted by Crippen LogP contribution is -2.38. The molecule has 1 N–H and O–H groups in total. The lowest BCUT2D eigenvalue weighted by molar-refractivity contribution is -0.114. The Hall–Kier alpha value is -3.85. The van der Waals surface area contributed by atoms with Gasteiger partial charge in [0.15, 0.2) is 0 Å². The summed E-state index contributed by atoms with van der Waals surface area (Å²) < 4.78 is 38.7. The number of benzene rings is 3. The maximum absolute atomic E-state index is 13.6. The number of carbonyl (C=O) groups excluding carboxylic acids is 2. The first kappa shape index (κ1) is 25.8. The Morgan fingerprint density at radius 3 is 2.29 bits per heavy atom.